The zero-order chi connectivity index (χ0) is 18.4. The molecular formula is C23H16N2O2. The third kappa shape index (κ3) is 2.41. The van der Waals surface area contributed by atoms with Gasteiger partial charge in [-0.05, 0) is 35.9 Å². The van der Waals surface area contributed by atoms with E-state index in [-0.39, 0.29) is 5.97 Å². The van der Waals surface area contributed by atoms with Crippen LogP contribution in [0.15, 0.2) is 66.7 Å². The van der Waals surface area contributed by atoms with E-state index in [9.17, 15) is 4.79 Å². The molecular weight excluding hydrogens is 336 g/mol. The van der Waals surface area contributed by atoms with Crippen LogP contribution in [0.5, 0.6) is 0 Å². The molecule has 1 aromatic heterocycles. The van der Waals surface area contributed by atoms with Crippen LogP contribution in [0, 0.1) is 0 Å². The van der Waals surface area contributed by atoms with E-state index in [1.807, 2.05) is 30.3 Å². The van der Waals surface area contributed by atoms with Gasteiger partial charge in [0.15, 0.2) is 0 Å². The topological polar surface area (TPSA) is 52.1 Å². The van der Waals surface area contributed by atoms with Crippen molar-refractivity contribution in [3.05, 3.63) is 72.3 Å². The monoisotopic (exact) mass is 352 g/mol. The third-order valence-corrected chi connectivity index (χ3v) is 4.83. The van der Waals surface area contributed by atoms with Gasteiger partial charge in [0.1, 0.15) is 0 Å². The molecule has 27 heavy (non-hydrogen) atoms. The van der Waals surface area contributed by atoms with E-state index in [0.717, 1.165) is 38.1 Å². The molecule has 0 saturated heterocycles. The Morgan fingerprint density at radius 2 is 1.33 bits per heavy atom. The Kier molecular flexibility index (Phi) is 3.50. The number of aromatic nitrogens is 2. The van der Waals surface area contributed by atoms with Gasteiger partial charge >= 0.3 is 5.97 Å². The van der Waals surface area contributed by atoms with Crippen molar-refractivity contribution in [1.29, 1.82) is 0 Å². The first-order valence-corrected chi connectivity index (χ1v) is 8.94. The van der Waals surface area contributed by atoms with E-state index in [2.05, 4.69) is 24.3 Å². The summed E-state index contributed by atoms with van der Waals surface area (Å²) in [6, 6.07) is 21.8. The van der Waals surface area contributed by atoms with Crippen molar-refractivity contribution in [1.82, 2.24) is 9.97 Å². The molecule has 0 bridgehead atoms. The molecule has 0 aliphatic carbocycles. The third-order valence-electron chi connectivity index (χ3n) is 4.83. The summed E-state index contributed by atoms with van der Waals surface area (Å²) in [6.07, 6.45) is 0. The summed E-state index contributed by atoms with van der Waals surface area (Å²) in [5.41, 5.74) is 3.66. The second kappa shape index (κ2) is 6.02. The van der Waals surface area contributed by atoms with E-state index in [1.54, 1.807) is 19.1 Å². The summed E-state index contributed by atoms with van der Waals surface area (Å²) in [5, 5.41) is 4.45. The van der Waals surface area contributed by atoms with Crippen molar-refractivity contribution < 1.29 is 9.53 Å². The minimum Gasteiger partial charge on any atom is -0.462 e. The molecule has 0 radical (unpaired) electrons. The van der Waals surface area contributed by atoms with E-state index < -0.39 is 0 Å². The lowest BCUT2D eigenvalue weighted by molar-refractivity contribution is 0.0526. The number of nitrogens with zero attached hydrogens (tertiary/aromatic N) is 2. The number of carbonyl (C=O) groups excluding carboxylic acids is 1. The number of carbonyl (C=O) groups is 1. The van der Waals surface area contributed by atoms with Crippen LogP contribution in [0.2, 0.25) is 0 Å². The molecule has 0 fully saturated rings. The van der Waals surface area contributed by atoms with Crippen molar-refractivity contribution in [2.45, 2.75) is 6.92 Å². The quantitative estimate of drug-likeness (QED) is 0.247. The Morgan fingerprint density at radius 3 is 1.93 bits per heavy atom. The van der Waals surface area contributed by atoms with Gasteiger partial charge in [-0.2, -0.15) is 0 Å². The highest BCUT2D eigenvalue weighted by atomic mass is 16.5. The Morgan fingerprint density at radius 1 is 0.778 bits per heavy atom. The van der Waals surface area contributed by atoms with Gasteiger partial charge in [-0.1, -0.05) is 48.5 Å². The highest BCUT2D eigenvalue weighted by molar-refractivity contribution is 6.23. The summed E-state index contributed by atoms with van der Waals surface area (Å²) in [6.45, 7) is 2.14. The molecule has 1 heterocycles. The molecule has 0 N–H and O–H groups in total. The molecule has 5 aromatic rings. The lowest BCUT2D eigenvalue weighted by Gasteiger charge is -2.10. The average molecular weight is 352 g/mol. The SMILES string of the molecule is CCOC(=O)c1ccc2nc3c4ccccc4c4ccccc4c3nc2c1. The number of hydrogen-bond donors (Lipinski definition) is 0. The Labute approximate surface area is 155 Å². The van der Waals surface area contributed by atoms with Crippen LogP contribution >= 0.6 is 0 Å². The van der Waals surface area contributed by atoms with Crippen molar-refractivity contribution >= 4 is 49.6 Å². The van der Waals surface area contributed by atoms with Gasteiger partial charge in [0, 0.05) is 10.8 Å². The molecule has 4 heteroatoms. The summed E-state index contributed by atoms with van der Waals surface area (Å²) in [5.74, 6) is -0.343. The predicted octanol–water partition coefficient (Wildman–Crippen LogP) is 5.27. The van der Waals surface area contributed by atoms with Crippen molar-refractivity contribution in [2.75, 3.05) is 6.61 Å². The molecule has 0 saturated carbocycles. The van der Waals surface area contributed by atoms with Crippen molar-refractivity contribution in [3.8, 4) is 0 Å². The van der Waals surface area contributed by atoms with E-state index in [1.165, 1.54) is 0 Å². The van der Waals surface area contributed by atoms with Gasteiger partial charge in [-0.15, -0.1) is 0 Å². The normalized spacial score (nSPS) is 11.4. The maximum Gasteiger partial charge on any atom is 0.338 e. The first kappa shape index (κ1) is 15.7. The fourth-order valence-electron chi connectivity index (χ4n) is 3.62. The van der Waals surface area contributed by atoms with E-state index in [0.29, 0.717) is 17.7 Å². The standard InChI is InChI=1S/C23H16N2O2/c1-2-27-23(26)14-11-12-19-20(13-14)25-22-18-10-6-4-8-16(18)15-7-3-5-9-17(15)21(22)24-19/h3-13H,2H2,1H3. The number of hydrogen-bond acceptors (Lipinski definition) is 4. The zero-order valence-corrected chi connectivity index (χ0v) is 14.8. The summed E-state index contributed by atoms with van der Waals surface area (Å²) in [4.78, 5) is 21.8. The van der Waals surface area contributed by atoms with Gasteiger partial charge in [-0.3, -0.25) is 0 Å². The molecule has 130 valence electrons. The van der Waals surface area contributed by atoms with E-state index >= 15 is 0 Å². The van der Waals surface area contributed by atoms with Crippen LogP contribution < -0.4 is 0 Å². The number of fused-ring (bicyclic) bond motifs is 7. The van der Waals surface area contributed by atoms with Gasteiger partial charge in [0.05, 0.1) is 34.2 Å². The van der Waals surface area contributed by atoms with Crippen LogP contribution in [0.4, 0.5) is 0 Å². The molecule has 0 spiro atoms. The lowest BCUT2D eigenvalue weighted by atomic mass is 9.99. The van der Waals surface area contributed by atoms with Crippen LogP contribution in [-0.2, 0) is 4.74 Å². The molecule has 4 nitrogen and oxygen atoms in total. The van der Waals surface area contributed by atoms with Crippen molar-refractivity contribution in [2.24, 2.45) is 0 Å². The predicted molar refractivity (Wildman–Crippen MR) is 108 cm³/mol. The smallest absolute Gasteiger partial charge is 0.338 e. The first-order valence-electron chi connectivity index (χ1n) is 8.94. The minimum atomic E-state index is -0.343. The second-order valence-electron chi connectivity index (χ2n) is 6.44. The van der Waals surface area contributed by atoms with Crippen LogP contribution in [0.3, 0.4) is 0 Å². The molecule has 5 rings (SSSR count). The van der Waals surface area contributed by atoms with Crippen molar-refractivity contribution in [3.63, 3.8) is 0 Å². The Bertz CT molecular complexity index is 1360. The van der Waals surface area contributed by atoms with Gasteiger partial charge in [-0.25, -0.2) is 14.8 Å². The molecule has 0 unspecified atom stereocenters. The summed E-state index contributed by atoms with van der Waals surface area (Å²) < 4.78 is 5.11. The lowest BCUT2D eigenvalue weighted by Crippen LogP contribution is -2.04. The molecule has 0 atom stereocenters. The maximum atomic E-state index is 12.1. The zero-order valence-electron chi connectivity index (χ0n) is 14.8. The van der Waals surface area contributed by atoms with Crippen LogP contribution in [0.1, 0.15) is 17.3 Å². The maximum absolute atomic E-state index is 12.1. The van der Waals surface area contributed by atoms with Gasteiger partial charge in [0.2, 0.25) is 0 Å². The number of ether oxygens (including phenoxy) is 1. The van der Waals surface area contributed by atoms with Crippen LogP contribution in [-0.4, -0.2) is 22.5 Å². The highest BCUT2D eigenvalue weighted by Gasteiger charge is 2.13. The first-order chi connectivity index (χ1) is 13.3. The minimum absolute atomic E-state index is 0.343. The summed E-state index contributed by atoms with van der Waals surface area (Å²) in [7, 11) is 0. The Hall–Kier alpha value is -3.53. The number of rotatable bonds is 2. The largest absolute Gasteiger partial charge is 0.462 e. The molecule has 4 aromatic carbocycles. The van der Waals surface area contributed by atoms with Crippen LogP contribution in [0.25, 0.3) is 43.6 Å². The second-order valence-corrected chi connectivity index (χ2v) is 6.44. The summed E-state index contributed by atoms with van der Waals surface area (Å²) >= 11 is 0. The van der Waals surface area contributed by atoms with Gasteiger partial charge in [0.25, 0.3) is 0 Å². The fraction of sp³-hybridized carbons (Fsp3) is 0.0870. The molecule has 0 amide bonds. The molecule has 0 aliphatic heterocycles. The Balaban J connectivity index is 1.91. The van der Waals surface area contributed by atoms with E-state index in [4.69, 9.17) is 14.7 Å². The highest BCUT2D eigenvalue weighted by Crippen LogP contribution is 2.33. The number of esters is 1. The average Bonchev–Trinajstić information content (AvgIpc) is 2.72. The van der Waals surface area contributed by atoms with Gasteiger partial charge < -0.3 is 4.74 Å². The fourth-order valence-corrected chi connectivity index (χ4v) is 3.62. The molecule has 0 aliphatic rings. The number of benzene rings is 4.